The first kappa shape index (κ1) is 14.4. The second kappa shape index (κ2) is 5.77. The minimum absolute atomic E-state index is 0.843. The van der Waals surface area contributed by atoms with Crippen LogP contribution in [0.3, 0.4) is 0 Å². The van der Waals surface area contributed by atoms with Crippen molar-refractivity contribution < 1.29 is 0 Å². The van der Waals surface area contributed by atoms with E-state index in [1.54, 1.807) is 12.5 Å². The summed E-state index contributed by atoms with van der Waals surface area (Å²) in [5.74, 6) is 1.97. The van der Waals surface area contributed by atoms with Crippen LogP contribution in [0.15, 0.2) is 35.3 Å². The number of aromatic nitrogens is 5. The van der Waals surface area contributed by atoms with Gasteiger partial charge < -0.3 is 9.80 Å². The molecule has 23 heavy (non-hydrogen) atoms. The molecule has 0 aromatic carbocycles. The molecule has 3 aromatic rings. The zero-order chi connectivity index (χ0) is 15.8. The van der Waals surface area contributed by atoms with Gasteiger partial charge in [-0.05, 0) is 35.0 Å². The van der Waals surface area contributed by atoms with Crippen LogP contribution in [0.4, 0.5) is 11.6 Å². The van der Waals surface area contributed by atoms with Gasteiger partial charge in [0.05, 0.1) is 6.20 Å². The van der Waals surface area contributed by atoms with Crippen molar-refractivity contribution in [1.82, 2.24) is 24.6 Å². The summed E-state index contributed by atoms with van der Waals surface area (Å²) in [6, 6.07) is 6.05. The molecule has 0 bridgehead atoms. The van der Waals surface area contributed by atoms with Crippen LogP contribution in [-0.2, 0) is 0 Å². The Balaban J connectivity index is 1.51. The van der Waals surface area contributed by atoms with Gasteiger partial charge >= 0.3 is 0 Å². The van der Waals surface area contributed by atoms with Crippen LogP contribution >= 0.6 is 15.9 Å². The third kappa shape index (κ3) is 2.74. The zero-order valence-electron chi connectivity index (χ0n) is 12.7. The Morgan fingerprint density at radius 3 is 2.43 bits per heavy atom. The molecule has 7 nitrogen and oxygen atoms in total. The summed E-state index contributed by atoms with van der Waals surface area (Å²) < 4.78 is 2.68. The highest BCUT2D eigenvalue weighted by Crippen LogP contribution is 2.19. The molecule has 118 valence electrons. The summed E-state index contributed by atoms with van der Waals surface area (Å²) in [7, 11) is 0. The Bertz CT molecular complexity index is 839. The van der Waals surface area contributed by atoms with Crippen molar-refractivity contribution in [2.75, 3.05) is 36.0 Å². The van der Waals surface area contributed by atoms with E-state index in [1.165, 1.54) is 0 Å². The first-order chi connectivity index (χ1) is 11.2. The van der Waals surface area contributed by atoms with Crippen molar-refractivity contribution in [2.45, 2.75) is 6.92 Å². The van der Waals surface area contributed by atoms with Gasteiger partial charge in [0, 0.05) is 37.9 Å². The largest absolute Gasteiger partial charge is 0.353 e. The number of imidazole rings is 1. The molecular weight excluding hydrogens is 358 g/mol. The van der Waals surface area contributed by atoms with Gasteiger partial charge in [0.2, 0.25) is 0 Å². The van der Waals surface area contributed by atoms with Crippen molar-refractivity contribution in [1.29, 1.82) is 0 Å². The predicted octanol–water partition coefficient (Wildman–Crippen LogP) is 1.92. The van der Waals surface area contributed by atoms with Crippen molar-refractivity contribution >= 4 is 33.2 Å². The Kier molecular flexibility index (Phi) is 3.60. The molecule has 1 saturated heterocycles. The fraction of sp³-hybridized carbons (Fsp3) is 0.333. The van der Waals surface area contributed by atoms with Gasteiger partial charge in [0.1, 0.15) is 22.6 Å². The summed E-state index contributed by atoms with van der Waals surface area (Å²) in [6.07, 6.45) is 3.39. The highest BCUT2D eigenvalue weighted by atomic mass is 79.9. The predicted molar refractivity (Wildman–Crippen MR) is 91.9 cm³/mol. The molecule has 4 rings (SSSR count). The molecule has 3 aromatic heterocycles. The number of hydrogen-bond acceptors (Lipinski definition) is 6. The first-order valence-electron chi connectivity index (χ1n) is 7.49. The second-order valence-electron chi connectivity index (χ2n) is 5.53. The Morgan fingerprint density at radius 1 is 0.957 bits per heavy atom. The van der Waals surface area contributed by atoms with Gasteiger partial charge in [-0.25, -0.2) is 19.5 Å². The fourth-order valence-electron chi connectivity index (χ4n) is 2.78. The molecule has 1 aliphatic rings. The van der Waals surface area contributed by atoms with Crippen molar-refractivity contribution in [3.05, 3.63) is 41.0 Å². The molecule has 0 saturated carbocycles. The van der Waals surface area contributed by atoms with E-state index in [0.29, 0.717) is 0 Å². The number of rotatable bonds is 2. The molecule has 1 aliphatic heterocycles. The summed E-state index contributed by atoms with van der Waals surface area (Å²) in [5, 5.41) is 4.66. The quantitative estimate of drug-likeness (QED) is 0.683. The third-order valence-corrected chi connectivity index (χ3v) is 4.56. The van der Waals surface area contributed by atoms with Crippen LogP contribution < -0.4 is 9.80 Å². The monoisotopic (exact) mass is 373 g/mol. The zero-order valence-corrected chi connectivity index (χ0v) is 14.3. The van der Waals surface area contributed by atoms with E-state index in [2.05, 4.69) is 45.8 Å². The summed E-state index contributed by atoms with van der Waals surface area (Å²) in [4.78, 5) is 17.4. The number of halogens is 1. The van der Waals surface area contributed by atoms with E-state index in [0.717, 1.165) is 53.8 Å². The minimum atomic E-state index is 0.843. The van der Waals surface area contributed by atoms with E-state index < -0.39 is 0 Å². The molecule has 0 N–H and O–H groups in total. The van der Waals surface area contributed by atoms with Crippen LogP contribution in [0.2, 0.25) is 0 Å². The van der Waals surface area contributed by atoms with E-state index >= 15 is 0 Å². The molecule has 0 spiro atoms. The van der Waals surface area contributed by atoms with E-state index in [1.807, 2.05) is 29.6 Å². The lowest BCUT2D eigenvalue weighted by Crippen LogP contribution is -2.47. The SMILES string of the molecule is Cc1cc(N2CCN(c3ccc4ncc(Br)n4n3)CC2)ncn1. The molecular formula is C15H16BrN7. The number of anilines is 2. The highest BCUT2D eigenvalue weighted by molar-refractivity contribution is 9.10. The lowest BCUT2D eigenvalue weighted by atomic mass is 10.3. The van der Waals surface area contributed by atoms with Gasteiger partial charge in [-0.15, -0.1) is 5.10 Å². The van der Waals surface area contributed by atoms with Crippen molar-refractivity contribution in [3.8, 4) is 0 Å². The topological polar surface area (TPSA) is 62.5 Å². The first-order valence-corrected chi connectivity index (χ1v) is 8.29. The molecule has 0 amide bonds. The molecule has 8 heteroatoms. The Morgan fingerprint density at radius 2 is 1.70 bits per heavy atom. The van der Waals surface area contributed by atoms with Crippen LogP contribution in [0.25, 0.3) is 5.65 Å². The lowest BCUT2D eigenvalue weighted by molar-refractivity contribution is 0.635. The minimum Gasteiger partial charge on any atom is -0.353 e. The van der Waals surface area contributed by atoms with Crippen molar-refractivity contribution in [3.63, 3.8) is 0 Å². The van der Waals surface area contributed by atoms with E-state index in [4.69, 9.17) is 0 Å². The maximum atomic E-state index is 4.66. The van der Waals surface area contributed by atoms with E-state index in [-0.39, 0.29) is 0 Å². The molecule has 0 radical (unpaired) electrons. The summed E-state index contributed by atoms with van der Waals surface area (Å²) in [5.41, 5.74) is 1.84. The summed E-state index contributed by atoms with van der Waals surface area (Å²) in [6.45, 7) is 5.65. The van der Waals surface area contributed by atoms with Crippen LogP contribution in [0.1, 0.15) is 5.69 Å². The Hall–Kier alpha value is -2.22. The Labute approximate surface area is 142 Å². The maximum absolute atomic E-state index is 4.66. The average molecular weight is 374 g/mol. The van der Waals surface area contributed by atoms with E-state index in [9.17, 15) is 0 Å². The second-order valence-corrected chi connectivity index (χ2v) is 6.35. The van der Waals surface area contributed by atoms with Gasteiger partial charge in [-0.2, -0.15) is 0 Å². The summed E-state index contributed by atoms with van der Waals surface area (Å²) >= 11 is 3.47. The van der Waals surface area contributed by atoms with Gasteiger partial charge in [0.15, 0.2) is 5.65 Å². The normalized spacial score (nSPS) is 15.4. The van der Waals surface area contributed by atoms with Crippen LogP contribution in [0.5, 0.6) is 0 Å². The molecule has 0 unspecified atom stereocenters. The molecule has 0 atom stereocenters. The molecule has 1 fully saturated rings. The number of nitrogens with zero attached hydrogens (tertiary/aromatic N) is 7. The van der Waals surface area contributed by atoms with Crippen LogP contribution in [-0.4, -0.2) is 50.7 Å². The lowest BCUT2D eigenvalue weighted by Gasteiger charge is -2.35. The number of aryl methyl sites for hydroxylation is 1. The smallest absolute Gasteiger partial charge is 0.154 e. The van der Waals surface area contributed by atoms with Gasteiger partial charge in [0.25, 0.3) is 0 Å². The van der Waals surface area contributed by atoms with Gasteiger partial charge in [-0.3, -0.25) is 0 Å². The third-order valence-electron chi connectivity index (χ3n) is 4.02. The van der Waals surface area contributed by atoms with Gasteiger partial charge in [-0.1, -0.05) is 0 Å². The fourth-order valence-corrected chi connectivity index (χ4v) is 3.15. The number of fused-ring (bicyclic) bond motifs is 1. The maximum Gasteiger partial charge on any atom is 0.154 e. The molecule has 4 heterocycles. The van der Waals surface area contributed by atoms with Crippen LogP contribution in [0, 0.1) is 6.92 Å². The standard InChI is InChI=1S/C15H16BrN7/c1-11-8-15(19-10-18-11)22-6-4-21(5-7-22)14-3-2-13-17-9-12(16)23(13)20-14/h2-3,8-10H,4-7H2,1H3. The average Bonchev–Trinajstić information content (AvgIpc) is 2.96. The number of piperazine rings is 1. The van der Waals surface area contributed by atoms with Crippen molar-refractivity contribution in [2.24, 2.45) is 0 Å². The highest BCUT2D eigenvalue weighted by Gasteiger charge is 2.20. The number of hydrogen-bond donors (Lipinski definition) is 0. The molecule has 0 aliphatic carbocycles.